The lowest BCUT2D eigenvalue weighted by molar-refractivity contribution is -0.148. The summed E-state index contributed by atoms with van der Waals surface area (Å²) in [5.41, 5.74) is 3.92. The van der Waals surface area contributed by atoms with Gasteiger partial charge in [0.1, 0.15) is 24.0 Å². The highest BCUT2D eigenvalue weighted by Gasteiger charge is 2.50. The number of carboxylic acid groups (broad SMARTS) is 1. The molecule has 0 unspecified atom stereocenters. The van der Waals surface area contributed by atoms with Crippen molar-refractivity contribution in [3.8, 4) is 17.0 Å². The Hall–Kier alpha value is -3.53. The number of carboxylic acids is 1. The SMILES string of the molecule is COC[C@H]1N(c2cccc(-c3cccc(C)c3OCc3ccc4c(c3F)CCN(C3COC3)CC4)n2)CC[C@@]1(C)C(=O)O. The van der Waals surface area contributed by atoms with E-state index in [0.717, 1.165) is 55.0 Å². The normalized spacial score (nSPS) is 22.6. The van der Waals surface area contributed by atoms with Crippen LogP contribution >= 0.6 is 0 Å². The molecular formula is C34H40FN3O5. The Bertz CT molecular complexity index is 1490. The number of ether oxygens (including phenoxy) is 3. The van der Waals surface area contributed by atoms with Crippen LogP contribution < -0.4 is 9.64 Å². The van der Waals surface area contributed by atoms with Crippen molar-refractivity contribution < 1.29 is 28.5 Å². The van der Waals surface area contributed by atoms with Gasteiger partial charge in [-0.15, -0.1) is 0 Å². The summed E-state index contributed by atoms with van der Waals surface area (Å²) in [6.45, 7) is 7.99. The number of aromatic nitrogens is 1. The fourth-order valence-corrected chi connectivity index (χ4v) is 6.66. The molecule has 1 N–H and O–H groups in total. The minimum Gasteiger partial charge on any atom is -0.488 e. The number of methoxy groups -OCH3 is 1. The molecule has 43 heavy (non-hydrogen) atoms. The van der Waals surface area contributed by atoms with E-state index in [1.165, 1.54) is 0 Å². The highest BCUT2D eigenvalue weighted by molar-refractivity contribution is 5.77. The Labute approximate surface area is 252 Å². The van der Waals surface area contributed by atoms with Gasteiger partial charge in [0.2, 0.25) is 0 Å². The van der Waals surface area contributed by atoms with E-state index in [2.05, 4.69) is 11.0 Å². The topological polar surface area (TPSA) is 84.4 Å². The highest BCUT2D eigenvalue weighted by atomic mass is 19.1. The summed E-state index contributed by atoms with van der Waals surface area (Å²) in [7, 11) is 1.59. The monoisotopic (exact) mass is 589 g/mol. The van der Waals surface area contributed by atoms with E-state index in [9.17, 15) is 9.90 Å². The van der Waals surface area contributed by atoms with Gasteiger partial charge in [-0.25, -0.2) is 9.37 Å². The molecule has 0 amide bonds. The van der Waals surface area contributed by atoms with Crippen molar-refractivity contribution in [2.75, 3.05) is 51.5 Å². The van der Waals surface area contributed by atoms with Gasteiger partial charge in [-0.1, -0.05) is 30.3 Å². The number of benzene rings is 2. The molecule has 0 aliphatic carbocycles. The molecule has 1 aromatic heterocycles. The zero-order chi connectivity index (χ0) is 30.1. The van der Waals surface area contributed by atoms with Gasteiger partial charge in [-0.3, -0.25) is 9.69 Å². The summed E-state index contributed by atoms with van der Waals surface area (Å²) in [6, 6.07) is 15.6. The summed E-state index contributed by atoms with van der Waals surface area (Å²) in [4.78, 5) is 21.6. The number of rotatable bonds is 9. The number of anilines is 1. The first-order valence-electron chi connectivity index (χ1n) is 15.1. The molecular weight excluding hydrogens is 549 g/mol. The lowest BCUT2D eigenvalue weighted by atomic mass is 9.83. The largest absolute Gasteiger partial charge is 0.488 e. The quantitative estimate of drug-likeness (QED) is 0.378. The molecule has 3 aliphatic heterocycles. The molecule has 4 heterocycles. The second kappa shape index (κ2) is 12.2. The first-order valence-corrected chi connectivity index (χ1v) is 15.1. The molecule has 2 atom stereocenters. The molecule has 2 fully saturated rings. The highest BCUT2D eigenvalue weighted by Crippen LogP contribution is 2.41. The van der Waals surface area contributed by atoms with Gasteiger partial charge >= 0.3 is 5.97 Å². The van der Waals surface area contributed by atoms with Gasteiger partial charge in [-0.2, -0.15) is 0 Å². The maximum absolute atomic E-state index is 15.8. The van der Waals surface area contributed by atoms with Crippen molar-refractivity contribution in [3.05, 3.63) is 76.6 Å². The number of halogens is 1. The van der Waals surface area contributed by atoms with Crippen LogP contribution in [-0.4, -0.2) is 79.6 Å². The van der Waals surface area contributed by atoms with Gasteiger partial charge < -0.3 is 24.2 Å². The van der Waals surface area contributed by atoms with Crippen LogP contribution in [0.15, 0.2) is 48.5 Å². The Morgan fingerprint density at radius 1 is 1.12 bits per heavy atom. The van der Waals surface area contributed by atoms with Crippen LogP contribution in [0.3, 0.4) is 0 Å². The molecule has 0 saturated carbocycles. The second-order valence-corrected chi connectivity index (χ2v) is 12.2. The fourth-order valence-electron chi connectivity index (χ4n) is 6.66. The number of nitrogens with zero attached hydrogens (tertiary/aromatic N) is 3. The van der Waals surface area contributed by atoms with Gasteiger partial charge in [0.25, 0.3) is 0 Å². The molecule has 0 bridgehead atoms. The average Bonchev–Trinajstić information content (AvgIpc) is 3.16. The number of fused-ring (bicyclic) bond motifs is 1. The molecule has 0 spiro atoms. The van der Waals surface area contributed by atoms with Crippen LogP contribution in [0.1, 0.15) is 35.6 Å². The third-order valence-corrected chi connectivity index (χ3v) is 9.56. The Balaban J connectivity index is 1.23. The summed E-state index contributed by atoms with van der Waals surface area (Å²) in [6.07, 6.45) is 2.02. The van der Waals surface area contributed by atoms with Crippen molar-refractivity contribution in [1.29, 1.82) is 0 Å². The zero-order valence-electron chi connectivity index (χ0n) is 25.1. The smallest absolute Gasteiger partial charge is 0.311 e. The van der Waals surface area contributed by atoms with E-state index in [0.29, 0.717) is 48.3 Å². The van der Waals surface area contributed by atoms with Crippen molar-refractivity contribution >= 4 is 11.8 Å². The van der Waals surface area contributed by atoms with Crippen LogP contribution in [0.25, 0.3) is 11.3 Å². The van der Waals surface area contributed by atoms with Gasteiger partial charge in [0, 0.05) is 37.9 Å². The van der Waals surface area contributed by atoms with E-state index >= 15 is 4.39 Å². The maximum Gasteiger partial charge on any atom is 0.311 e. The summed E-state index contributed by atoms with van der Waals surface area (Å²) < 4.78 is 33.0. The van der Waals surface area contributed by atoms with Gasteiger partial charge in [0.05, 0.1) is 43.0 Å². The van der Waals surface area contributed by atoms with Crippen LogP contribution in [-0.2, 0) is 33.7 Å². The molecule has 3 aromatic rings. The minimum absolute atomic E-state index is 0.107. The van der Waals surface area contributed by atoms with E-state index in [4.69, 9.17) is 19.2 Å². The molecule has 228 valence electrons. The molecule has 2 aromatic carbocycles. The van der Waals surface area contributed by atoms with E-state index in [-0.39, 0.29) is 25.1 Å². The fraction of sp³-hybridized carbons (Fsp3) is 0.471. The van der Waals surface area contributed by atoms with Crippen LogP contribution in [0.2, 0.25) is 0 Å². The first kappa shape index (κ1) is 29.5. The molecule has 0 radical (unpaired) electrons. The van der Waals surface area contributed by atoms with Crippen molar-refractivity contribution in [1.82, 2.24) is 9.88 Å². The lowest BCUT2D eigenvalue weighted by Gasteiger charge is -2.36. The Morgan fingerprint density at radius 3 is 2.65 bits per heavy atom. The molecule has 8 nitrogen and oxygen atoms in total. The Kier molecular flexibility index (Phi) is 8.40. The van der Waals surface area contributed by atoms with Crippen molar-refractivity contribution in [3.63, 3.8) is 0 Å². The molecule has 6 rings (SSSR count). The third-order valence-electron chi connectivity index (χ3n) is 9.56. The van der Waals surface area contributed by atoms with E-state index in [1.54, 1.807) is 14.0 Å². The first-order chi connectivity index (χ1) is 20.8. The molecule has 2 saturated heterocycles. The number of hydrogen-bond donors (Lipinski definition) is 1. The Morgan fingerprint density at radius 2 is 1.91 bits per heavy atom. The number of hydrogen-bond acceptors (Lipinski definition) is 7. The van der Waals surface area contributed by atoms with Crippen molar-refractivity contribution in [2.24, 2.45) is 5.41 Å². The number of carbonyl (C=O) groups is 1. The van der Waals surface area contributed by atoms with Crippen LogP contribution in [0, 0.1) is 18.2 Å². The number of para-hydroxylation sites is 1. The summed E-state index contributed by atoms with van der Waals surface area (Å²) >= 11 is 0. The van der Waals surface area contributed by atoms with Crippen LogP contribution in [0.5, 0.6) is 5.75 Å². The van der Waals surface area contributed by atoms with Crippen LogP contribution in [0.4, 0.5) is 10.2 Å². The second-order valence-electron chi connectivity index (χ2n) is 12.2. The maximum atomic E-state index is 15.8. The number of aliphatic carboxylic acids is 1. The third kappa shape index (κ3) is 5.61. The number of pyridine rings is 1. The minimum atomic E-state index is -0.937. The van der Waals surface area contributed by atoms with Gasteiger partial charge in [-0.05, 0) is 68.0 Å². The average molecular weight is 590 g/mol. The van der Waals surface area contributed by atoms with E-state index < -0.39 is 11.4 Å². The molecule has 3 aliphatic rings. The van der Waals surface area contributed by atoms with Gasteiger partial charge in [0.15, 0.2) is 0 Å². The zero-order valence-corrected chi connectivity index (χ0v) is 25.1. The van der Waals surface area contributed by atoms with E-state index in [1.807, 2.05) is 54.3 Å². The number of aryl methyl sites for hydroxylation is 1. The lowest BCUT2D eigenvalue weighted by Crippen LogP contribution is -2.49. The predicted molar refractivity (Wildman–Crippen MR) is 162 cm³/mol. The predicted octanol–water partition coefficient (Wildman–Crippen LogP) is 4.89. The standard InChI is InChI=1S/C34H40FN3O5/c1-22-6-4-7-27(28-8-5-9-30(36-28)38-17-14-34(2,33(39)40)29(38)21-41-3)32(22)43-18-24-11-10-23-12-15-37(25-19-42-20-25)16-13-26(23)31(24)35/h4-11,25,29H,12-21H2,1-3H3,(H,39,40)/t29-,34-/m1/s1. The summed E-state index contributed by atoms with van der Waals surface area (Å²) in [5.74, 6) is 0.344. The van der Waals surface area contributed by atoms with Crippen molar-refractivity contribution in [2.45, 2.75) is 51.8 Å². The molecule has 9 heteroatoms. The summed E-state index contributed by atoms with van der Waals surface area (Å²) in [5, 5.41) is 9.98.